The third kappa shape index (κ3) is 3.12. The van der Waals surface area contributed by atoms with E-state index in [1.165, 1.54) is 12.1 Å². The highest BCUT2D eigenvalue weighted by atomic mass is 35.5. The van der Waals surface area contributed by atoms with Crippen molar-refractivity contribution in [1.82, 2.24) is 0 Å². The monoisotopic (exact) mass is 358 g/mol. The minimum atomic E-state index is -1.80. The molecule has 0 atom stereocenters. The molecule has 112 valence electrons. The van der Waals surface area contributed by atoms with Crippen molar-refractivity contribution in [2.75, 3.05) is 10.9 Å². The zero-order chi connectivity index (χ0) is 15.7. The lowest BCUT2D eigenvalue weighted by Crippen LogP contribution is -2.13. The number of hydrogen-bond acceptors (Lipinski definition) is 2. The Labute approximate surface area is 131 Å². The summed E-state index contributed by atoms with van der Waals surface area (Å²) in [7, 11) is 0. The Morgan fingerprint density at radius 3 is 2.10 bits per heavy atom. The second-order valence-electron chi connectivity index (χ2n) is 3.82. The van der Waals surface area contributed by atoms with E-state index in [9.17, 15) is 17.6 Å². The molecule has 0 heterocycles. The van der Waals surface area contributed by atoms with Gasteiger partial charge in [0.1, 0.15) is 5.69 Å². The van der Waals surface area contributed by atoms with Crippen LogP contribution in [-0.4, -0.2) is 0 Å². The van der Waals surface area contributed by atoms with Gasteiger partial charge in [-0.05, 0) is 12.1 Å². The first-order valence-electron chi connectivity index (χ1n) is 5.31. The summed E-state index contributed by atoms with van der Waals surface area (Å²) in [5, 5.41) is 0.189. The average Bonchev–Trinajstić information content (AvgIpc) is 2.44. The minimum absolute atomic E-state index is 0.0138. The molecule has 2 aromatic carbocycles. The fourth-order valence-electron chi connectivity index (χ4n) is 1.43. The van der Waals surface area contributed by atoms with Gasteiger partial charge in [0.25, 0.3) is 0 Å². The first-order valence-corrected chi connectivity index (χ1v) is 6.44. The number of anilines is 2. The molecule has 0 saturated heterocycles. The highest BCUT2D eigenvalue weighted by Crippen LogP contribution is 2.35. The zero-order valence-electron chi connectivity index (χ0n) is 9.88. The van der Waals surface area contributed by atoms with Crippen LogP contribution in [0.2, 0.25) is 15.1 Å². The summed E-state index contributed by atoms with van der Waals surface area (Å²) >= 11 is 17.4. The summed E-state index contributed by atoms with van der Waals surface area (Å²) in [4.78, 5) is 0. The summed E-state index contributed by atoms with van der Waals surface area (Å²) in [6.07, 6.45) is 0. The van der Waals surface area contributed by atoms with Gasteiger partial charge in [0, 0.05) is 6.07 Å². The van der Waals surface area contributed by atoms with Gasteiger partial charge in [0.05, 0.1) is 20.8 Å². The molecule has 2 rings (SSSR count). The lowest BCUT2D eigenvalue weighted by molar-refractivity contribution is 0.437. The van der Waals surface area contributed by atoms with Crippen LogP contribution in [-0.2, 0) is 0 Å². The highest BCUT2D eigenvalue weighted by Gasteiger charge is 2.19. The molecule has 9 heteroatoms. The Morgan fingerprint density at radius 1 is 0.762 bits per heavy atom. The van der Waals surface area contributed by atoms with Crippen molar-refractivity contribution in [1.29, 1.82) is 0 Å². The smallest absolute Gasteiger partial charge is 0.196 e. The van der Waals surface area contributed by atoms with Crippen molar-refractivity contribution >= 4 is 46.2 Å². The molecule has 21 heavy (non-hydrogen) atoms. The molecule has 2 N–H and O–H groups in total. The van der Waals surface area contributed by atoms with Crippen LogP contribution in [0.15, 0.2) is 18.2 Å². The number of nitrogens with one attached hydrogen (secondary N) is 2. The lowest BCUT2D eigenvalue weighted by atomic mass is 10.2. The maximum absolute atomic E-state index is 13.4. The van der Waals surface area contributed by atoms with Crippen LogP contribution < -0.4 is 10.9 Å². The van der Waals surface area contributed by atoms with Crippen LogP contribution in [0.4, 0.5) is 28.9 Å². The maximum atomic E-state index is 13.4. The van der Waals surface area contributed by atoms with Gasteiger partial charge in [0.2, 0.25) is 0 Å². The predicted octanol–water partition coefficient (Wildman–Crippen LogP) is 5.64. The summed E-state index contributed by atoms with van der Waals surface area (Å²) in [5.41, 5.74) is 3.62. The number of hydrazine groups is 1. The molecule has 0 unspecified atom stereocenters. The standard InChI is InChI=1S/C12H5Cl3F4N2/c13-4-1-2-7(9(15)8(4)14)20-21-12-6(17)3-5(16)10(18)11(12)19/h1-3,20-21H. The Bertz CT molecular complexity index is 710. The molecule has 0 saturated carbocycles. The zero-order valence-corrected chi connectivity index (χ0v) is 12.1. The van der Waals surface area contributed by atoms with E-state index in [0.29, 0.717) is 0 Å². The molecule has 0 aliphatic carbocycles. The van der Waals surface area contributed by atoms with Crippen LogP contribution in [0, 0.1) is 23.3 Å². The van der Waals surface area contributed by atoms with E-state index in [0.717, 1.165) is 0 Å². The Kier molecular flexibility index (Phi) is 4.70. The number of hydrogen-bond donors (Lipinski definition) is 2. The quantitative estimate of drug-likeness (QED) is 0.321. The van der Waals surface area contributed by atoms with Gasteiger partial charge in [-0.2, -0.15) is 0 Å². The van der Waals surface area contributed by atoms with Gasteiger partial charge in [-0.15, -0.1) is 0 Å². The highest BCUT2D eigenvalue weighted by molar-refractivity contribution is 6.49. The van der Waals surface area contributed by atoms with Crippen molar-refractivity contribution < 1.29 is 17.6 Å². The van der Waals surface area contributed by atoms with Gasteiger partial charge in [0.15, 0.2) is 23.3 Å². The largest absolute Gasteiger partial charge is 0.299 e. The SMILES string of the molecule is Fc1cc(F)c(NNc2ccc(Cl)c(Cl)c2Cl)c(F)c1F. The lowest BCUT2D eigenvalue weighted by Gasteiger charge is -2.14. The molecule has 0 aromatic heterocycles. The van der Waals surface area contributed by atoms with Crippen molar-refractivity contribution in [3.63, 3.8) is 0 Å². The summed E-state index contributed by atoms with van der Waals surface area (Å²) in [6.45, 7) is 0. The molecule has 2 aromatic rings. The van der Waals surface area contributed by atoms with Crippen molar-refractivity contribution in [2.45, 2.75) is 0 Å². The first kappa shape index (κ1) is 16.0. The van der Waals surface area contributed by atoms with Crippen LogP contribution in [0.1, 0.15) is 0 Å². The van der Waals surface area contributed by atoms with E-state index in [4.69, 9.17) is 34.8 Å². The average molecular weight is 360 g/mol. The minimum Gasteiger partial charge on any atom is -0.299 e. The Hall–Kier alpha value is -1.37. The fraction of sp³-hybridized carbons (Fsp3) is 0. The van der Waals surface area contributed by atoms with Gasteiger partial charge < -0.3 is 0 Å². The normalized spacial score (nSPS) is 10.6. The van der Waals surface area contributed by atoms with E-state index in [2.05, 4.69) is 10.9 Å². The molecule has 2 nitrogen and oxygen atoms in total. The van der Waals surface area contributed by atoms with Gasteiger partial charge in [-0.1, -0.05) is 34.8 Å². The molecule has 0 fully saturated rings. The van der Waals surface area contributed by atoms with Gasteiger partial charge >= 0.3 is 0 Å². The van der Waals surface area contributed by atoms with Crippen LogP contribution in [0.5, 0.6) is 0 Å². The van der Waals surface area contributed by atoms with E-state index < -0.39 is 29.0 Å². The molecule has 0 radical (unpaired) electrons. The third-order valence-corrected chi connectivity index (χ3v) is 3.77. The second-order valence-corrected chi connectivity index (χ2v) is 4.98. The molecular formula is C12H5Cl3F4N2. The van der Waals surface area contributed by atoms with Gasteiger partial charge in [-0.25, -0.2) is 17.6 Å². The predicted molar refractivity (Wildman–Crippen MR) is 75.0 cm³/mol. The Balaban J connectivity index is 2.29. The van der Waals surface area contributed by atoms with Crippen LogP contribution in [0.3, 0.4) is 0 Å². The van der Waals surface area contributed by atoms with E-state index in [1.54, 1.807) is 0 Å². The first-order chi connectivity index (χ1) is 9.82. The maximum Gasteiger partial charge on any atom is 0.196 e. The molecular weight excluding hydrogens is 354 g/mol. The Morgan fingerprint density at radius 2 is 1.43 bits per heavy atom. The van der Waals surface area contributed by atoms with E-state index in [-0.39, 0.29) is 26.8 Å². The topological polar surface area (TPSA) is 24.1 Å². The van der Waals surface area contributed by atoms with Crippen molar-refractivity contribution in [3.05, 3.63) is 56.5 Å². The van der Waals surface area contributed by atoms with Crippen LogP contribution in [0.25, 0.3) is 0 Å². The molecule has 0 bridgehead atoms. The van der Waals surface area contributed by atoms with Crippen molar-refractivity contribution in [3.8, 4) is 0 Å². The molecule has 0 spiro atoms. The number of halogens is 7. The summed E-state index contributed by atoms with van der Waals surface area (Å²) in [6, 6.07) is 2.97. The fourth-order valence-corrected chi connectivity index (χ4v) is 2.02. The number of benzene rings is 2. The van der Waals surface area contributed by atoms with E-state index >= 15 is 0 Å². The number of rotatable bonds is 3. The summed E-state index contributed by atoms with van der Waals surface area (Å²) in [5.74, 6) is -6.48. The van der Waals surface area contributed by atoms with Gasteiger partial charge in [-0.3, -0.25) is 10.9 Å². The molecule has 0 aliphatic heterocycles. The molecule has 0 aliphatic rings. The van der Waals surface area contributed by atoms with Crippen LogP contribution >= 0.6 is 34.8 Å². The summed E-state index contributed by atoms with van der Waals surface area (Å²) < 4.78 is 52.7. The molecule has 0 amide bonds. The second kappa shape index (κ2) is 6.17. The van der Waals surface area contributed by atoms with Crippen molar-refractivity contribution in [2.24, 2.45) is 0 Å². The third-order valence-electron chi connectivity index (χ3n) is 2.47. The van der Waals surface area contributed by atoms with E-state index in [1.807, 2.05) is 0 Å².